The first kappa shape index (κ1) is 15.4. The van der Waals surface area contributed by atoms with Crippen molar-refractivity contribution in [3.05, 3.63) is 41.2 Å². The van der Waals surface area contributed by atoms with Gasteiger partial charge in [-0.25, -0.2) is 0 Å². The Morgan fingerprint density at radius 3 is 2.57 bits per heavy atom. The van der Waals surface area contributed by atoms with Crippen molar-refractivity contribution < 1.29 is 19.1 Å². The van der Waals surface area contributed by atoms with E-state index in [9.17, 15) is 9.59 Å². The van der Waals surface area contributed by atoms with Gasteiger partial charge in [0.1, 0.15) is 0 Å². The van der Waals surface area contributed by atoms with Gasteiger partial charge in [-0.2, -0.15) is 0 Å². The maximum Gasteiger partial charge on any atom is 0.306 e. The van der Waals surface area contributed by atoms with Crippen LogP contribution in [0.15, 0.2) is 35.0 Å². The molecule has 1 aromatic heterocycles. The van der Waals surface area contributed by atoms with Gasteiger partial charge in [-0.3, -0.25) is 19.6 Å². The summed E-state index contributed by atoms with van der Waals surface area (Å²) >= 11 is 0. The number of allylic oxidation sites excluding steroid dienone is 1. The standard InChI is InChI=1S/C17H18N2O4/c1-22-13(20)9-17(10-14(21)23-2)11-5-3-7-18-15(11)16-12(17)6-4-8-19-16/h3,5-7H,4,8-10H2,1-2H3. The fourth-order valence-electron chi connectivity index (χ4n) is 3.40. The minimum absolute atomic E-state index is 0.0577. The fourth-order valence-corrected chi connectivity index (χ4v) is 3.40. The molecular formula is C17H18N2O4. The zero-order chi connectivity index (χ0) is 16.4. The van der Waals surface area contributed by atoms with E-state index in [1.54, 1.807) is 12.3 Å². The Hall–Kier alpha value is -2.50. The Labute approximate surface area is 134 Å². The number of carbonyl (C=O) groups excluding carboxylic acids is 2. The second-order valence-corrected chi connectivity index (χ2v) is 5.62. The molecule has 1 aliphatic heterocycles. The molecule has 0 saturated heterocycles. The number of methoxy groups -OCH3 is 2. The zero-order valence-corrected chi connectivity index (χ0v) is 13.2. The first-order valence-corrected chi connectivity index (χ1v) is 7.47. The normalized spacial score (nSPS) is 17.5. The van der Waals surface area contributed by atoms with Crippen LogP contribution in [0.5, 0.6) is 0 Å². The Morgan fingerprint density at radius 1 is 1.22 bits per heavy atom. The lowest BCUT2D eigenvalue weighted by molar-refractivity contribution is -0.144. The molecule has 6 heteroatoms. The van der Waals surface area contributed by atoms with Crippen LogP contribution in [-0.4, -0.2) is 43.4 Å². The SMILES string of the molecule is COC(=O)CC1(CC(=O)OC)C2=CCCN=C2c2ncccc21. The molecule has 1 aliphatic carbocycles. The summed E-state index contributed by atoms with van der Waals surface area (Å²) in [5.41, 5.74) is 2.42. The van der Waals surface area contributed by atoms with Crippen molar-refractivity contribution in [1.82, 2.24) is 4.98 Å². The lowest BCUT2D eigenvalue weighted by atomic mass is 9.72. The molecule has 0 radical (unpaired) electrons. The number of fused-ring (bicyclic) bond motifs is 3. The number of ether oxygens (including phenoxy) is 2. The summed E-state index contributed by atoms with van der Waals surface area (Å²) < 4.78 is 9.74. The number of pyridine rings is 1. The first-order chi connectivity index (χ1) is 11.1. The number of dihydropyridines is 1. The van der Waals surface area contributed by atoms with E-state index >= 15 is 0 Å². The highest BCUT2D eigenvalue weighted by molar-refractivity contribution is 6.19. The van der Waals surface area contributed by atoms with Gasteiger partial charge in [0.2, 0.25) is 0 Å². The number of aromatic nitrogens is 1. The summed E-state index contributed by atoms with van der Waals surface area (Å²) in [6.07, 6.45) is 4.64. The van der Waals surface area contributed by atoms with Crippen LogP contribution in [-0.2, 0) is 24.5 Å². The van der Waals surface area contributed by atoms with Crippen LogP contribution in [0.2, 0.25) is 0 Å². The van der Waals surface area contributed by atoms with Crippen molar-refractivity contribution >= 4 is 17.7 Å². The Morgan fingerprint density at radius 2 is 1.91 bits per heavy atom. The molecule has 0 N–H and O–H groups in total. The van der Waals surface area contributed by atoms with Crippen LogP contribution in [0.25, 0.3) is 0 Å². The van der Waals surface area contributed by atoms with Gasteiger partial charge in [0.05, 0.1) is 38.5 Å². The molecule has 2 heterocycles. The van der Waals surface area contributed by atoms with Crippen molar-refractivity contribution in [2.75, 3.05) is 20.8 Å². The van der Waals surface area contributed by atoms with Crippen molar-refractivity contribution in [3.63, 3.8) is 0 Å². The predicted octanol–water partition coefficient (Wildman–Crippen LogP) is 1.58. The number of hydrogen-bond donors (Lipinski definition) is 0. The number of esters is 2. The van der Waals surface area contributed by atoms with Crippen LogP contribution in [0.1, 0.15) is 30.5 Å². The summed E-state index contributed by atoms with van der Waals surface area (Å²) in [6.45, 7) is 0.682. The van der Waals surface area contributed by atoms with Crippen molar-refractivity contribution in [1.29, 1.82) is 0 Å². The van der Waals surface area contributed by atoms with E-state index in [1.807, 2.05) is 6.07 Å². The molecule has 0 aromatic carbocycles. The van der Waals surface area contributed by atoms with Crippen molar-refractivity contribution in [2.24, 2.45) is 4.99 Å². The second kappa shape index (κ2) is 5.95. The third-order valence-electron chi connectivity index (χ3n) is 4.41. The van der Waals surface area contributed by atoms with Crippen LogP contribution < -0.4 is 0 Å². The van der Waals surface area contributed by atoms with Gasteiger partial charge in [0.25, 0.3) is 0 Å². The minimum atomic E-state index is -0.816. The molecule has 1 aromatic rings. The minimum Gasteiger partial charge on any atom is -0.469 e. The molecule has 0 fully saturated rings. The van der Waals surface area contributed by atoms with Crippen molar-refractivity contribution in [2.45, 2.75) is 24.7 Å². The Bertz CT molecular complexity index is 703. The number of nitrogens with zero attached hydrogens (tertiary/aromatic N) is 2. The maximum atomic E-state index is 12.1. The molecule has 0 saturated carbocycles. The fraction of sp³-hybridized carbons (Fsp3) is 0.412. The van der Waals surface area contributed by atoms with E-state index in [0.717, 1.165) is 29.0 Å². The average molecular weight is 314 g/mol. The average Bonchev–Trinajstić information content (AvgIpc) is 2.86. The molecule has 2 aliphatic rings. The van der Waals surface area contributed by atoms with Gasteiger partial charge in [0, 0.05) is 18.2 Å². The van der Waals surface area contributed by atoms with Gasteiger partial charge >= 0.3 is 11.9 Å². The van der Waals surface area contributed by atoms with E-state index in [0.29, 0.717) is 6.54 Å². The second-order valence-electron chi connectivity index (χ2n) is 5.62. The third kappa shape index (κ3) is 2.44. The highest BCUT2D eigenvalue weighted by atomic mass is 16.5. The Kier molecular flexibility index (Phi) is 3.98. The van der Waals surface area contributed by atoms with Crippen LogP contribution in [0.4, 0.5) is 0 Å². The summed E-state index contributed by atoms with van der Waals surface area (Å²) in [7, 11) is 2.69. The quantitative estimate of drug-likeness (QED) is 0.789. The van der Waals surface area contributed by atoms with Crippen LogP contribution in [0, 0.1) is 0 Å². The van der Waals surface area contributed by atoms with Gasteiger partial charge in [-0.1, -0.05) is 12.1 Å². The molecule has 0 spiro atoms. The third-order valence-corrected chi connectivity index (χ3v) is 4.41. The van der Waals surface area contributed by atoms with Crippen LogP contribution in [0.3, 0.4) is 0 Å². The van der Waals surface area contributed by atoms with Gasteiger partial charge in [-0.05, 0) is 23.6 Å². The highest BCUT2D eigenvalue weighted by Crippen LogP contribution is 2.49. The molecule has 3 rings (SSSR count). The van der Waals surface area contributed by atoms with E-state index in [2.05, 4.69) is 16.1 Å². The highest BCUT2D eigenvalue weighted by Gasteiger charge is 2.50. The summed E-state index contributed by atoms with van der Waals surface area (Å²) in [4.78, 5) is 33.1. The monoisotopic (exact) mass is 314 g/mol. The summed E-state index contributed by atoms with van der Waals surface area (Å²) in [5, 5.41) is 0. The van der Waals surface area contributed by atoms with Gasteiger partial charge in [-0.15, -0.1) is 0 Å². The van der Waals surface area contributed by atoms with E-state index in [-0.39, 0.29) is 24.8 Å². The number of aliphatic imine (C=N–C) groups is 1. The predicted molar refractivity (Wildman–Crippen MR) is 83.3 cm³/mol. The number of hydrogen-bond acceptors (Lipinski definition) is 6. The van der Waals surface area contributed by atoms with E-state index < -0.39 is 5.41 Å². The molecule has 0 unspecified atom stereocenters. The summed E-state index contributed by atoms with van der Waals surface area (Å²) in [5.74, 6) is -0.757. The van der Waals surface area contributed by atoms with Crippen molar-refractivity contribution in [3.8, 4) is 0 Å². The molecule has 0 bridgehead atoms. The topological polar surface area (TPSA) is 77.9 Å². The van der Waals surface area contributed by atoms with Crippen LogP contribution >= 0.6 is 0 Å². The number of carbonyl (C=O) groups is 2. The molecule has 0 atom stereocenters. The van der Waals surface area contributed by atoms with Gasteiger partial charge < -0.3 is 9.47 Å². The lowest BCUT2D eigenvalue weighted by Gasteiger charge is -2.30. The number of rotatable bonds is 4. The smallest absolute Gasteiger partial charge is 0.306 e. The first-order valence-electron chi connectivity index (χ1n) is 7.47. The van der Waals surface area contributed by atoms with E-state index in [1.165, 1.54) is 14.2 Å². The Balaban J connectivity index is 2.19. The van der Waals surface area contributed by atoms with Gasteiger partial charge in [0.15, 0.2) is 0 Å². The largest absolute Gasteiger partial charge is 0.469 e. The molecule has 6 nitrogen and oxygen atoms in total. The summed E-state index contributed by atoms with van der Waals surface area (Å²) in [6, 6.07) is 3.70. The molecule has 0 amide bonds. The lowest BCUT2D eigenvalue weighted by Crippen LogP contribution is -2.34. The maximum absolute atomic E-state index is 12.1. The molecule has 120 valence electrons. The van der Waals surface area contributed by atoms with E-state index in [4.69, 9.17) is 9.47 Å². The zero-order valence-electron chi connectivity index (χ0n) is 13.2. The molecular weight excluding hydrogens is 296 g/mol. The molecule has 23 heavy (non-hydrogen) atoms.